The van der Waals surface area contributed by atoms with Crippen molar-refractivity contribution >= 4 is 45.9 Å². The predicted octanol–water partition coefficient (Wildman–Crippen LogP) is 15.2. The molecule has 332 valence electrons. The van der Waals surface area contributed by atoms with E-state index in [2.05, 4.69) is 121 Å². The van der Waals surface area contributed by atoms with Gasteiger partial charge in [-0.15, -0.1) is 0 Å². The van der Waals surface area contributed by atoms with Gasteiger partial charge >= 0.3 is 19.5 Å². The Labute approximate surface area is 426 Å². The molecule has 0 radical (unpaired) electrons. The Bertz CT molecular complexity index is 3340. The summed E-state index contributed by atoms with van der Waals surface area (Å²) in [6.07, 6.45) is 4.24. The van der Waals surface area contributed by atoms with E-state index >= 15 is 0 Å². The number of hydrogen-bond donors (Lipinski definition) is 0. The number of hydrogen-bond acceptors (Lipinski definition) is 2. The summed E-state index contributed by atoms with van der Waals surface area (Å²) in [5.41, 5.74) is 16.2. The fourth-order valence-electron chi connectivity index (χ4n) is 8.52. The Morgan fingerprint density at radius 3 is 0.831 bits per heavy atom. The maximum absolute atomic E-state index is 5.06. The molecule has 0 bridgehead atoms. The maximum Gasteiger partial charge on any atom is 2.00 e. The number of allylic oxidation sites excluding steroid dienone is 2. The van der Waals surface area contributed by atoms with E-state index in [9.17, 15) is 0 Å². The van der Waals surface area contributed by atoms with Crippen LogP contribution in [0.1, 0.15) is 22.3 Å². The average molecular weight is 962 g/mol. The minimum atomic E-state index is 0. The molecule has 12 rings (SSSR count). The van der Waals surface area contributed by atoms with Gasteiger partial charge in [0.05, 0.1) is 23.1 Å². The van der Waals surface area contributed by atoms with Crippen molar-refractivity contribution in [1.82, 2.24) is 9.97 Å². The van der Waals surface area contributed by atoms with Crippen LogP contribution < -0.4 is 9.97 Å². The Hall–Kier alpha value is -8.90. The Kier molecular flexibility index (Phi) is 13.9. The first-order valence-corrected chi connectivity index (χ1v) is 23.3. The van der Waals surface area contributed by atoms with E-state index in [0.29, 0.717) is 23.3 Å². The fraction of sp³-hybridized carbons (Fsp3) is 0. The molecule has 0 unspecified atom stereocenters. The zero-order chi connectivity index (χ0) is 46.9. The van der Waals surface area contributed by atoms with E-state index in [4.69, 9.17) is 29.9 Å². The molecule has 0 amide bonds. The molecular formula is C64H44N6Zn. The van der Waals surface area contributed by atoms with Gasteiger partial charge in [0.15, 0.2) is 0 Å². The standard InChI is InChI=1S/2C32H22N3.Zn/c2*1-5-13-23(14-6-1)27-21-29(25-17-9-3-10-18-25)33-31(27)35-32-28(24-15-7-2-8-16-24)22-30(34-32)26-19-11-4-12-20-26;/h2*1-22H;/q2*-1;+2/b2*35-31-;. The van der Waals surface area contributed by atoms with Crippen LogP contribution in [0.25, 0.3) is 55.9 Å². The largest absolute Gasteiger partial charge is 2.00 e. The topological polar surface area (TPSA) is 77.6 Å². The normalized spacial score (nSPS) is 13.9. The van der Waals surface area contributed by atoms with Crippen molar-refractivity contribution in [2.24, 2.45) is 20.0 Å². The van der Waals surface area contributed by atoms with E-state index in [1.165, 1.54) is 0 Å². The second-order valence-corrected chi connectivity index (χ2v) is 16.7. The summed E-state index contributed by atoms with van der Waals surface area (Å²) in [5, 5.41) is 0. The number of amidine groups is 2. The quantitative estimate of drug-likeness (QED) is 0.128. The molecule has 0 saturated carbocycles. The third-order valence-electron chi connectivity index (χ3n) is 12.0. The average Bonchev–Trinajstić information content (AvgIpc) is 4.27. The molecule has 0 N–H and O–H groups in total. The zero-order valence-electron chi connectivity index (χ0n) is 38.8. The van der Waals surface area contributed by atoms with Crippen molar-refractivity contribution in [3.05, 3.63) is 289 Å². The first kappa shape index (κ1) is 45.9. The molecule has 7 heteroatoms. The van der Waals surface area contributed by atoms with Crippen LogP contribution >= 0.6 is 0 Å². The van der Waals surface area contributed by atoms with Crippen LogP contribution in [0.4, 0.5) is 11.6 Å². The van der Waals surface area contributed by atoms with Gasteiger partial charge in [-0.2, -0.15) is 0 Å². The molecule has 0 spiro atoms. The van der Waals surface area contributed by atoms with Gasteiger partial charge < -0.3 is 20.0 Å². The molecule has 10 aromatic rings. The molecule has 0 saturated heterocycles. The van der Waals surface area contributed by atoms with Crippen LogP contribution in [0, 0.1) is 0 Å². The van der Waals surface area contributed by atoms with Gasteiger partial charge in [-0.05, 0) is 79.7 Å². The van der Waals surface area contributed by atoms with Gasteiger partial charge in [0.1, 0.15) is 0 Å². The third-order valence-corrected chi connectivity index (χ3v) is 12.0. The summed E-state index contributed by atoms with van der Waals surface area (Å²) in [4.78, 5) is 30.0. The number of benzene rings is 8. The van der Waals surface area contributed by atoms with Crippen molar-refractivity contribution in [3.63, 3.8) is 0 Å². The van der Waals surface area contributed by atoms with E-state index in [1.54, 1.807) is 0 Å². The molecule has 2 aliphatic rings. The molecule has 71 heavy (non-hydrogen) atoms. The van der Waals surface area contributed by atoms with Crippen molar-refractivity contribution < 1.29 is 19.5 Å². The molecule has 8 aromatic carbocycles. The summed E-state index contributed by atoms with van der Waals surface area (Å²) >= 11 is 0. The Morgan fingerprint density at radius 1 is 0.282 bits per heavy atom. The monoisotopic (exact) mass is 960 g/mol. The van der Waals surface area contributed by atoms with E-state index in [1.807, 2.05) is 146 Å². The summed E-state index contributed by atoms with van der Waals surface area (Å²) < 4.78 is 0. The summed E-state index contributed by atoms with van der Waals surface area (Å²) in [5.74, 6) is 2.68. The van der Waals surface area contributed by atoms with Crippen LogP contribution in [-0.2, 0) is 19.5 Å². The zero-order valence-corrected chi connectivity index (χ0v) is 41.8. The molecule has 6 nitrogen and oxygen atoms in total. The SMILES string of the molecule is C1=C(c2ccccc2)/C(=N/c2[n-]c(-c3ccccc3)cc2-c2ccccc2)N=C1c1ccccc1.C1=C(c2ccccc2)/C(=N/c2[n-]c(-c3ccccc3)cc2-c2ccccc2)N=C1c1ccccc1.[Zn+2]. The number of rotatable bonds is 10. The number of nitrogens with zero attached hydrogens (tertiary/aromatic N) is 6. The molecule has 0 fully saturated rings. The molecule has 4 heterocycles. The fourth-order valence-corrected chi connectivity index (χ4v) is 8.52. The van der Waals surface area contributed by atoms with Gasteiger partial charge in [0.2, 0.25) is 0 Å². The molecule has 0 aliphatic carbocycles. The van der Waals surface area contributed by atoms with Crippen LogP contribution in [0.15, 0.2) is 287 Å². The Morgan fingerprint density at radius 2 is 0.535 bits per heavy atom. The van der Waals surface area contributed by atoms with Crippen molar-refractivity contribution in [3.8, 4) is 44.8 Å². The van der Waals surface area contributed by atoms with E-state index in [-0.39, 0.29) is 19.5 Å². The van der Waals surface area contributed by atoms with Crippen molar-refractivity contribution in [1.29, 1.82) is 0 Å². The van der Waals surface area contributed by atoms with Gasteiger partial charge in [-0.1, -0.05) is 255 Å². The first-order valence-electron chi connectivity index (χ1n) is 23.3. The molecule has 0 atom stereocenters. The van der Waals surface area contributed by atoms with Crippen LogP contribution in [-0.4, -0.2) is 23.1 Å². The molecular weight excluding hydrogens is 918 g/mol. The maximum atomic E-state index is 5.06. The smallest absolute Gasteiger partial charge is 0.435 e. The summed E-state index contributed by atoms with van der Waals surface area (Å²) in [7, 11) is 0. The minimum Gasteiger partial charge on any atom is -0.435 e. The second-order valence-electron chi connectivity index (χ2n) is 16.7. The predicted molar refractivity (Wildman–Crippen MR) is 290 cm³/mol. The second kappa shape index (κ2) is 21.6. The molecule has 2 aliphatic heterocycles. The van der Waals surface area contributed by atoms with Crippen molar-refractivity contribution in [2.45, 2.75) is 0 Å². The minimum absolute atomic E-state index is 0. The number of aromatic nitrogens is 2. The van der Waals surface area contributed by atoms with Crippen LogP contribution in [0.5, 0.6) is 0 Å². The summed E-state index contributed by atoms with van der Waals surface area (Å²) in [6, 6.07) is 86.3. The van der Waals surface area contributed by atoms with Gasteiger partial charge in [0.25, 0.3) is 0 Å². The van der Waals surface area contributed by atoms with E-state index < -0.39 is 0 Å². The first-order chi connectivity index (χ1) is 34.7. The van der Waals surface area contributed by atoms with Gasteiger partial charge in [0, 0.05) is 22.3 Å². The van der Waals surface area contributed by atoms with Crippen LogP contribution in [0.2, 0.25) is 0 Å². The van der Waals surface area contributed by atoms with Crippen molar-refractivity contribution in [2.75, 3.05) is 0 Å². The van der Waals surface area contributed by atoms with Crippen LogP contribution in [0.3, 0.4) is 0 Å². The Balaban J connectivity index is 0.000000162. The van der Waals surface area contributed by atoms with E-state index in [0.717, 1.165) is 89.6 Å². The summed E-state index contributed by atoms with van der Waals surface area (Å²) in [6.45, 7) is 0. The van der Waals surface area contributed by atoms with Gasteiger partial charge in [-0.25, -0.2) is 0 Å². The van der Waals surface area contributed by atoms with Gasteiger partial charge in [-0.3, -0.25) is 9.98 Å². The third kappa shape index (κ3) is 10.4. The number of aliphatic imine (C=N–C) groups is 4. The molecule has 2 aromatic heterocycles.